The topological polar surface area (TPSA) is 309 Å². The minimum atomic E-state index is -1.76. The summed E-state index contributed by atoms with van der Waals surface area (Å²) in [6.45, 7) is 0. The molecule has 0 saturated heterocycles. The monoisotopic (exact) mass is 566 g/mol. The van der Waals surface area contributed by atoms with Crippen molar-refractivity contribution < 1.29 is 43.5 Å². The molecule has 0 radical (unpaired) electrons. The second-order valence-electron chi connectivity index (χ2n) is 7.57. The van der Waals surface area contributed by atoms with Gasteiger partial charge in [-0.1, -0.05) is 0 Å². The molecule has 19 heteroatoms. The Morgan fingerprint density at radius 3 is 1.11 bits per heavy atom. The third-order valence-corrected chi connectivity index (χ3v) is 5.20. The highest BCUT2D eigenvalue weighted by Crippen LogP contribution is 2.02. The second kappa shape index (κ2) is 16.2. The molecule has 0 aliphatic rings. The molecule has 0 unspecified atom stereocenters. The van der Waals surface area contributed by atoms with Gasteiger partial charge in [-0.3, -0.25) is 33.6 Å². The Hall–Kier alpha value is -3.58. The third-order valence-electron chi connectivity index (χ3n) is 4.45. The number of rotatable bonds is 17. The standard InChI is InChI=1S/C18H30N8O9S2/c19-6(4-36)14(30)23-7(1-11(20)27)15(31)24-8(2-12(21)28)16(32)25-9(3-13(22)29)17(33)26-10(5-37)18(34)35/h6-10,36-37H,1-5,19H2,(H2,20,27)(H2,21,28)(H2,22,29)(H,23,30)(H,24,31)(H,25,32)(H,26,33)(H,34,35)/t6-,7-,8-,9-,10-/m0/s1. The zero-order chi connectivity index (χ0) is 28.9. The fraction of sp³-hybridized carbons (Fsp3) is 0.556. The highest BCUT2D eigenvalue weighted by atomic mass is 32.1. The van der Waals surface area contributed by atoms with E-state index in [4.69, 9.17) is 28.0 Å². The number of carbonyl (C=O) groups excluding carboxylic acids is 7. The van der Waals surface area contributed by atoms with Crippen LogP contribution in [0.15, 0.2) is 0 Å². The van der Waals surface area contributed by atoms with Crippen molar-refractivity contribution in [2.45, 2.75) is 49.5 Å². The van der Waals surface area contributed by atoms with Crippen LogP contribution < -0.4 is 44.2 Å². The van der Waals surface area contributed by atoms with Gasteiger partial charge < -0.3 is 49.3 Å². The lowest BCUT2D eigenvalue weighted by Gasteiger charge is -2.25. The van der Waals surface area contributed by atoms with Gasteiger partial charge >= 0.3 is 5.97 Å². The molecule has 13 N–H and O–H groups in total. The van der Waals surface area contributed by atoms with Crippen molar-refractivity contribution in [3.63, 3.8) is 0 Å². The van der Waals surface area contributed by atoms with Crippen LogP contribution in [0.25, 0.3) is 0 Å². The molecule has 0 bridgehead atoms. The maximum atomic E-state index is 12.8. The van der Waals surface area contributed by atoms with E-state index < -0.39 is 96.8 Å². The summed E-state index contributed by atoms with van der Waals surface area (Å²) in [7, 11) is 0. The Kier molecular flexibility index (Phi) is 14.7. The predicted octanol–water partition coefficient (Wildman–Crippen LogP) is -6.18. The predicted molar refractivity (Wildman–Crippen MR) is 132 cm³/mol. The molecule has 0 rings (SSSR count). The van der Waals surface area contributed by atoms with Crippen molar-refractivity contribution in [3.8, 4) is 0 Å². The number of amides is 7. The van der Waals surface area contributed by atoms with E-state index in [2.05, 4.69) is 41.2 Å². The van der Waals surface area contributed by atoms with E-state index >= 15 is 0 Å². The van der Waals surface area contributed by atoms with Crippen molar-refractivity contribution >= 4 is 72.6 Å². The summed E-state index contributed by atoms with van der Waals surface area (Å²) in [5, 5.41) is 17.4. The number of carboxylic acid groups (broad SMARTS) is 1. The number of thiol groups is 2. The molecule has 0 aromatic carbocycles. The lowest BCUT2D eigenvalue weighted by Crippen LogP contribution is -2.60. The highest BCUT2D eigenvalue weighted by Gasteiger charge is 2.33. The molecule has 0 aliphatic carbocycles. The van der Waals surface area contributed by atoms with Gasteiger partial charge in [-0.2, -0.15) is 25.3 Å². The molecule has 0 saturated carbocycles. The number of carbonyl (C=O) groups is 8. The fourth-order valence-electron chi connectivity index (χ4n) is 2.60. The molecule has 208 valence electrons. The van der Waals surface area contributed by atoms with Crippen LogP contribution in [0.1, 0.15) is 19.3 Å². The van der Waals surface area contributed by atoms with E-state index in [-0.39, 0.29) is 11.5 Å². The van der Waals surface area contributed by atoms with E-state index in [0.29, 0.717) is 0 Å². The zero-order valence-electron chi connectivity index (χ0n) is 19.3. The van der Waals surface area contributed by atoms with Gasteiger partial charge in [0.05, 0.1) is 25.3 Å². The molecule has 0 spiro atoms. The number of aliphatic carboxylic acids is 1. The van der Waals surface area contributed by atoms with Gasteiger partial charge in [0.1, 0.15) is 24.2 Å². The molecule has 5 atom stereocenters. The molecule has 0 aromatic rings. The normalized spacial score (nSPS) is 14.6. The van der Waals surface area contributed by atoms with Gasteiger partial charge in [0.15, 0.2) is 0 Å². The molecule has 7 amide bonds. The summed E-state index contributed by atoms with van der Waals surface area (Å²) in [4.78, 5) is 95.5. The van der Waals surface area contributed by atoms with E-state index in [9.17, 15) is 38.4 Å². The molecular formula is C18H30N8O9S2. The first-order chi connectivity index (χ1) is 17.1. The van der Waals surface area contributed by atoms with Crippen LogP contribution in [0.2, 0.25) is 0 Å². The number of hydrogen-bond acceptors (Lipinski definition) is 11. The summed E-state index contributed by atoms with van der Waals surface area (Å²) in [6, 6.07) is -7.73. The molecule has 0 aromatic heterocycles. The Bertz CT molecular complexity index is 920. The van der Waals surface area contributed by atoms with Gasteiger partial charge in [0.2, 0.25) is 41.4 Å². The number of carboxylic acids is 1. The highest BCUT2D eigenvalue weighted by molar-refractivity contribution is 7.80. The smallest absolute Gasteiger partial charge is 0.327 e. The zero-order valence-corrected chi connectivity index (χ0v) is 21.1. The molecular weight excluding hydrogens is 536 g/mol. The first-order valence-electron chi connectivity index (χ1n) is 10.4. The fourth-order valence-corrected chi connectivity index (χ4v) is 3.01. The summed E-state index contributed by atoms with van der Waals surface area (Å²) in [6.07, 6.45) is -2.31. The Morgan fingerprint density at radius 1 is 0.568 bits per heavy atom. The van der Waals surface area contributed by atoms with Gasteiger partial charge in [0, 0.05) is 11.5 Å². The first-order valence-corrected chi connectivity index (χ1v) is 11.7. The molecule has 17 nitrogen and oxygen atoms in total. The summed E-state index contributed by atoms with van der Waals surface area (Å²) >= 11 is 7.63. The van der Waals surface area contributed by atoms with Gasteiger partial charge in [0.25, 0.3) is 0 Å². The van der Waals surface area contributed by atoms with Crippen molar-refractivity contribution in [2.24, 2.45) is 22.9 Å². The van der Waals surface area contributed by atoms with Crippen molar-refractivity contribution in [2.75, 3.05) is 11.5 Å². The van der Waals surface area contributed by atoms with Gasteiger partial charge in [-0.25, -0.2) is 4.79 Å². The van der Waals surface area contributed by atoms with Gasteiger partial charge in [-0.15, -0.1) is 0 Å². The van der Waals surface area contributed by atoms with E-state index in [1.54, 1.807) is 0 Å². The van der Waals surface area contributed by atoms with Crippen LogP contribution >= 0.6 is 25.3 Å². The molecule has 0 heterocycles. The van der Waals surface area contributed by atoms with Crippen molar-refractivity contribution in [1.29, 1.82) is 0 Å². The molecule has 0 aliphatic heterocycles. The minimum Gasteiger partial charge on any atom is -0.480 e. The summed E-state index contributed by atoms with van der Waals surface area (Å²) < 4.78 is 0. The Balaban J connectivity index is 5.81. The lowest BCUT2D eigenvalue weighted by molar-refractivity contribution is -0.142. The Labute approximate surface area is 221 Å². The van der Waals surface area contributed by atoms with E-state index in [1.807, 2.05) is 5.32 Å². The lowest BCUT2D eigenvalue weighted by atomic mass is 10.1. The number of nitrogens with one attached hydrogen (secondary N) is 4. The quantitative estimate of drug-likeness (QED) is 0.0740. The van der Waals surface area contributed by atoms with Crippen molar-refractivity contribution in [3.05, 3.63) is 0 Å². The largest absolute Gasteiger partial charge is 0.480 e. The molecule has 37 heavy (non-hydrogen) atoms. The maximum absolute atomic E-state index is 12.8. The summed E-state index contributed by atoms with van der Waals surface area (Å²) in [5.74, 6) is -9.38. The SMILES string of the molecule is NC(=O)C[C@H](NC(=O)[C@H](CC(N)=O)NC(=O)[C@H](CC(N)=O)NC(=O)[C@@H](N)CS)C(=O)N[C@@H](CS)C(=O)O. The minimum absolute atomic E-state index is 0.108. The van der Waals surface area contributed by atoms with Gasteiger partial charge in [-0.05, 0) is 0 Å². The Morgan fingerprint density at radius 2 is 0.865 bits per heavy atom. The third kappa shape index (κ3) is 12.8. The average Bonchev–Trinajstić information content (AvgIpc) is 2.78. The van der Waals surface area contributed by atoms with E-state index in [0.717, 1.165) is 0 Å². The number of hydrogen-bond donors (Lipinski definition) is 11. The second-order valence-corrected chi connectivity index (χ2v) is 8.30. The van der Waals surface area contributed by atoms with Crippen LogP contribution in [-0.2, 0) is 38.4 Å². The first kappa shape index (κ1) is 33.4. The summed E-state index contributed by atoms with van der Waals surface area (Å²) in [5.41, 5.74) is 20.8. The average molecular weight is 567 g/mol. The van der Waals surface area contributed by atoms with Crippen molar-refractivity contribution in [1.82, 2.24) is 21.3 Å². The van der Waals surface area contributed by atoms with Crippen LogP contribution in [0.5, 0.6) is 0 Å². The van der Waals surface area contributed by atoms with Crippen LogP contribution in [0.3, 0.4) is 0 Å². The van der Waals surface area contributed by atoms with Crippen LogP contribution in [0.4, 0.5) is 0 Å². The maximum Gasteiger partial charge on any atom is 0.327 e. The van der Waals surface area contributed by atoms with Crippen LogP contribution in [0, 0.1) is 0 Å². The number of nitrogens with two attached hydrogens (primary N) is 4. The van der Waals surface area contributed by atoms with E-state index in [1.165, 1.54) is 0 Å². The molecule has 0 fully saturated rings. The van der Waals surface area contributed by atoms with Crippen LogP contribution in [-0.4, -0.2) is 94.1 Å². The number of primary amides is 3.